The number of ether oxygens (including phenoxy) is 3. The summed E-state index contributed by atoms with van der Waals surface area (Å²) >= 11 is 0. The van der Waals surface area contributed by atoms with Gasteiger partial charge in [-0.2, -0.15) is 0 Å². The maximum atomic E-state index is 13.0. The molecule has 34 heavy (non-hydrogen) atoms. The lowest BCUT2D eigenvalue weighted by atomic mass is 9.77. The molecule has 0 aliphatic heterocycles. The summed E-state index contributed by atoms with van der Waals surface area (Å²) in [5.74, 6) is 0.0281. The second-order valence-corrected chi connectivity index (χ2v) is 10.9. The molecular weight excluding hydrogens is 432 g/mol. The Morgan fingerprint density at radius 1 is 0.824 bits per heavy atom. The Labute approximate surface area is 209 Å². The van der Waals surface area contributed by atoms with Crippen molar-refractivity contribution < 1.29 is 23.8 Å². The van der Waals surface area contributed by atoms with Crippen molar-refractivity contribution >= 4 is 12.1 Å². The van der Waals surface area contributed by atoms with Gasteiger partial charge in [0.05, 0.1) is 5.92 Å². The molecule has 0 bridgehead atoms. The largest absolute Gasteiger partial charge is 0.511 e. The van der Waals surface area contributed by atoms with Crippen molar-refractivity contribution in [1.29, 1.82) is 0 Å². The van der Waals surface area contributed by atoms with Gasteiger partial charge in [0.1, 0.15) is 6.61 Å². The smallest absolute Gasteiger partial charge is 0.433 e. The lowest BCUT2D eigenvalue weighted by molar-refractivity contribution is -0.179. The van der Waals surface area contributed by atoms with Gasteiger partial charge in [-0.05, 0) is 49.7 Å². The van der Waals surface area contributed by atoms with Gasteiger partial charge >= 0.3 is 12.1 Å². The molecule has 7 heteroatoms. The minimum absolute atomic E-state index is 0.122. The van der Waals surface area contributed by atoms with Gasteiger partial charge in [-0.25, -0.2) is 4.79 Å². The van der Waals surface area contributed by atoms with Gasteiger partial charge in [-0.3, -0.25) is 9.69 Å². The van der Waals surface area contributed by atoms with Crippen LogP contribution in [0.5, 0.6) is 0 Å². The van der Waals surface area contributed by atoms with E-state index in [9.17, 15) is 9.59 Å². The van der Waals surface area contributed by atoms with Gasteiger partial charge in [-0.1, -0.05) is 69.2 Å². The van der Waals surface area contributed by atoms with Crippen LogP contribution in [0.15, 0.2) is 0 Å². The fourth-order valence-electron chi connectivity index (χ4n) is 4.23. The first-order valence-corrected chi connectivity index (χ1v) is 13.3. The molecule has 0 aliphatic carbocycles. The van der Waals surface area contributed by atoms with Gasteiger partial charge in [0.2, 0.25) is 0 Å². The minimum atomic E-state index is -0.929. The van der Waals surface area contributed by atoms with Crippen molar-refractivity contribution in [1.82, 2.24) is 9.80 Å². The van der Waals surface area contributed by atoms with E-state index in [0.717, 1.165) is 45.6 Å². The number of likely N-dealkylation sites (N-methyl/N-ethyl adjacent to an activating group) is 2. The van der Waals surface area contributed by atoms with Crippen molar-refractivity contribution in [3.63, 3.8) is 0 Å². The first-order chi connectivity index (χ1) is 15.9. The molecule has 0 saturated heterocycles. The van der Waals surface area contributed by atoms with Gasteiger partial charge in [-0.15, -0.1) is 0 Å². The molecule has 3 atom stereocenters. The van der Waals surface area contributed by atoms with Gasteiger partial charge in [0.25, 0.3) is 6.29 Å². The van der Waals surface area contributed by atoms with Crippen LogP contribution in [-0.2, 0) is 19.0 Å². The Bertz CT molecular complexity index is 558. The molecule has 0 aromatic rings. The fourth-order valence-corrected chi connectivity index (χ4v) is 4.23. The lowest BCUT2D eigenvalue weighted by Gasteiger charge is -2.30. The van der Waals surface area contributed by atoms with E-state index in [-0.39, 0.29) is 29.8 Å². The highest BCUT2D eigenvalue weighted by Gasteiger charge is 2.32. The molecular formula is C27H54N2O5. The predicted octanol–water partition coefficient (Wildman–Crippen LogP) is 5.82. The lowest BCUT2D eigenvalue weighted by Crippen LogP contribution is -2.37. The van der Waals surface area contributed by atoms with Crippen molar-refractivity contribution in [3.8, 4) is 0 Å². The van der Waals surface area contributed by atoms with Crippen LogP contribution in [0.3, 0.4) is 0 Å². The number of esters is 1. The molecule has 0 radical (unpaired) electrons. The number of hydrogen-bond donors (Lipinski definition) is 0. The highest BCUT2D eigenvalue weighted by molar-refractivity contribution is 5.73. The van der Waals surface area contributed by atoms with E-state index in [4.69, 9.17) is 14.2 Å². The molecule has 0 saturated carbocycles. The number of hydrogen-bond acceptors (Lipinski definition) is 7. The third-order valence-electron chi connectivity index (χ3n) is 6.16. The fraction of sp³-hybridized carbons (Fsp3) is 0.926. The van der Waals surface area contributed by atoms with E-state index in [1.165, 1.54) is 0 Å². The van der Waals surface area contributed by atoms with Crippen LogP contribution < -0.4 is 0 Å². The molecule has 0 spiro atoms. The molecule has 0 aromatic carbocycles. The van der Waals surface area contributed by atoms with Crippen LogP contribution in [0, 0.1) is 23.2 Å². The van der Waals surface area contributed by atoms with E-state index in [1.807, 2.05) is 6.92 Å². The molecule has 0 rings (SSSR count). The Kier molecular flexibility index (Phi) is 16.5. The molecule has 3 unspecified atom stereocenters. The summed E-state index contributed by atoms with van der Waals surface area (Å²) in [5.41, 5.74) is 0.122. The van der Waals surface area contributed by atoms with Crippen LogP contribution in [0.4, 0.5) is 4.79 Å². The first-order valence-electron chi connectivity index (χ1n) is 13.3. The number of rotatable bonds is 17. The topological polar surface area (TPSA) is 68.3 Å². The average Bonchev–Trinajstić information content (AvgIpc) is 2.74. The van der Waals surface area contributed by atoms with E-state index in [2.05, 4.69) is 72.1 Å². The summed E-state index contributed by atoms with van der Waals surface area (Å²) in [6.45, 7) is 26.9. The molecule has 0 fully saturated rings. The standard InChI is InChI=1S/C27H54N2O5/c1-11-24(33-25(30)23(19-21(5)6)22(7)20-27(8,9)10)34-26(31)32-18-17-29(14-4)16-15-28(12-2)13-3/h21-24H,11-20H2,1-10H3. The van der Waals surface area contributed by atoms with E-state index < -0.39 is 12.4 Å². The first kappa shape index (κ1) is 32.7. The van der Waals surface area contributed by atoms with Crippen LogP contribution >= 0.6 is 0 Å². The summed E-state index contributed by atoms with van der Waals surface area (Å²) in [6, 6.07) is 0. The van der Waals surface area contributed by atoms with Crippen molar-refractivity contribution in [3.05, 3.63) is 0 Å². The quantitative estimate of drug-likeness (QED) is 0.190. The third kappa shape index (κ3) is 14.8. The zero-order valence-corrected chi connectivity index (χ0v) is 23.8. The van der Waals surface area contributed by atoms with Crippen LogP contribution in [0.1, 0.15) is 88.5 Å². The molecule has 0 amide bonds. The monoisotopic (exact) mass is 486 g/mol. The molecule has 202 valence electrons. The summed E-state index contributed by atoms with van der Waals surface area (Å²) < 4.78 is 16.2. The summed E-state index contributed by atoms with van der Waals surface area (Å²) in [7, 11) is 0. The molecule has 0 heterocycles. The highest BCUT2D eigenvalue weighted by Crippen LogP contribution is 2.32. The summed E-state index contributed by atoms with van der Waals surface area (Å²) in [5, 5.41) is 0. The molecule has 0 N–H and O–H groups in total. The highest BCUT2D eigenvalue weighted by atomic mass is 16.8. The van der Waals surface area contributed by atoms with Crippen LogP contribution in [0.25, 0.3) is 0 Å². The van der Waals surface area contributed by atoms with Crippen LogP contribution in [0.2, 0.25) is 0 Å². The Balaban J connectivity index is 4.72. The summed E-state index contributed by atoms with van der Waals surface area (Å²) in [6.07, 6.45) is 0.330. The molecule has 0 aromatic heterocycles. The van der Waals surface area contributed by atoms with E-state index in [0.29, 0.717) is 18.9 Å². The minimum Gasteiger partial charge on any atom is -0.433 e. The zero-order valence-electron chi connectivity index (χ0n) is 23.8. The van der Waals surface area contributed by atoms with Crippen molar-refractivity contribution in [2.45, 2.75) is 94.8 Å². The number of carbonyl (C=O) groups is 2. The van der Waals surface area contributed by atoms with Crippen molar-refractivity contribution in [2.75, 3.05) is 45.9 Å². The molecule has 7 nitrogen and oxygen atoms in total. The number of carbonyl (C=O) groups excluding carboxylic acids is 2. The normalized spacial score (nSPS) is 14.9. The zero-order chi connectivity index (χ0) is 26.3. The second kappa shape index (κ2) is 17.1. The summed E-state index contributed by atoms with van der Waals surface area (Å²) in [4.78, 5) is 29.9. The number of nitrogens with zero attached hydrogens (tertiary/aromatic N) is 2. The Morgan fingerprint density at radius 3 is 1.85 bits per heavy atom. The maximum absolute atomic E-state index is 13.0. The Morgan fingerprint density at radius 2 is 1.38 bits per heavy atom. The van der Waals surface area contributed by atoms with Gasteiger partial charge in [0, 0.05) is 26.1 Å². The van der Waals surface area contributed by atoms with Crippen LogP contribution in [-0.4, -0.2) is 74.1 Å². The third-order valence-corrected chi connectivity index (χ3v) is 6.16. The van der Waals surface area contributed by atoms with Crippen molar-refractivity contribution in [2.24, 2.45) is 23.2 Å². The SMILES string of the molecule is CCC(OC(=O)OCCN(CC)CCN(CC)CC)OC(=O)C(CC(C)C)C(C)CC(C)(C)C. The Hall–Kier alpha value is -1.34. The van der Waals surface area contributed by atoms with Gasteiger partial charge in [0.15, 0.2) is 0 Å². The van der Waals surface area contributed by atoms with Gasteiger partial charge < -0.3 is 19.1 Å². The average molecular weight is 487 g/mol. The molecule has 0 aliphatic rings. The van der Waals surface area contributed by atoms with E-state index >= 15 is 0 Å². The predicted molar refractivity (Wildman–Crippen MR) is 139 cm³/mol. The second-order valence-electron chi connectivity index (χ2n) is 10.9. The maximum Gasteiger partial charge on any atom is 0.511 e. The van der Waals surface area contributed by atoms with E-state index in [1.54, 1.807) is 0 Å².